The van der Waals surface area contributed by atoms with Crippen LogP contribution in [0.5, 0.6) is 0 Å². The lowest BCUT2D eigenvalue weighted by Crippen LogP contribution is -2.45. The number of aromatic nitrogens is 1. The van der Waals surface area contributed by atoms with Crippen molar-refractivity contribution >= 4 is 28.9 Å². The Hall–Kier alpha value is -4.76. The van der Waals surface area contributed by atoms with Gasteiger partial charge in [-0.15, -0.1) is 0 Å². The zero-order valence-corrected chi connectivity index (χ0v) is 23.0. The van der Waals surface area contributed by atoms with Gasteiger partial charge in [0.1, 0.15) is 18.0 Å². The third-order valence-electron chi connectivity index (χ3n) is 7.30. The molecule has 0 radical (unpaired) electrons. The minimum Gasteiger partial charge on any atom is -0.463 e. The number of hydrogen-bond donors (Lipinski definition) is 3. The van der Waals surface area contributed by atoms with E-state index in [0.29, 0.717) is 23.4 Å². The van der Waals surface area contributed by atoms with Crippen LogP contribution in [-0.4, -0.2) is 41.1 Å². The molecule has 4 atom stereocenters. The topological polar surface area (TPSA) is 131 Å². The van der Waals surface area contributed by atoms with E-state index in [1.807, 2.05) is 72.8 Å². The third kappa shape index (κ3) is 7.11. The van der Waals surface area contributed by atoms with Crippen LogP contribution >= 0.6 is 0 Å². The van der Waals surface area contributed by atoms with Gasteiger partial charge in [0.05, 0.1) is 24.6 Å². The van der Waals surface area contributed by atoms with Crippen molar-refractivity contribution in [3.63, 3.8) is 0 Å². The van der Waals surface area contributed by atoms with E-state index in [4.69, 9.17) is 9.15 Å². The van der Waals surface area contributed by atoms with Crippen LogP contribution in [0.3, 0.4) is 0 Å². The van der Waals surface area contributed by atoms with Crippen molar-refractivity contribution in [1.29, 1.82) is 0 Å². The number of aliphatic hydroxyl groups excluding tert-OH is 1. The summed E-state index contributed by atoms with van der Waals surface area (Å²) in [7, 11) is 0. The summed E-state index contributed by atoms with van der Waals surface area (Å²) in [6, 6.07) is 24.3. The number of fused-ring (bicyclic) bond motifs is 1. The first-order chi connectivity index (χ1) is 20.5. The fourth-order valence-corrected chi connectivity index (χ4v) is 4.96. The number of ether oxygens (including phenoxy) is 1. The smallest absolute Gasteiger partial charge is 0.309 e. The minimum absolute atomic E-state index is 0.108. The summed E-state index contributed by atoms with van der Waals surface area (Å²) in [4.78, 5) is 44.7. The molecule has 1 aromatic heterocycles. The molecular formula is C33H33N3O6. The van der Waals surface area contributed by atoms with E-state index < -0.39 is 41.7 Å². The fourth-order valence-electron chi connectivity index (χ4n) is 4.96. The zero-order valence-electron chi connectivity index (χ0n) is 23.0. The fraction of sp³-hybridized carbons (Fsp3) is 0.273. The second kappa shape index (κ2) is 13.7. The van der Waals surface area contributed by atoms with Gasteiger partial charge in [0.15, 0.2) is 11.5 Å². The van der Waals surface area contributed by atoms with Gasteiger partial charge in [-0.3, -0.25) is 14.4 Å². The molecule has 2 heterocycles. The van der Waals surface area contributed by atoms with Crippen LogP contribution < -0.4 is 10.6 Å². The highest BCUT2D eigenvalue weighted by Crippen LogP contribution is 2.23. The van der Waals surface area contributed by atoms with Crippen molar-refractivity contribution in [2.45, 2.75) is 31.3 Å². The molecule has 9 heteroatoms. The summed E-state index contributed by atoms with van der Waals surface area (Å²) in [5.74, 6) is -2.67. The van der Waals surface area contributed by atoms with Crippen LogP contribution in [0.25, 0.3) is 11.1 Å². The third-order valence-corrected chi connectivity index (χ3v) is 7.30. The maximum Gasteiger partial charge on any atom is 0.309 e. The molecule has 0 aliphatic carbocycles. The average Bonchev–Trinajstić information content (AvgIpc) is 3.43. The molecule has 1 aliphatic heterocycles. The molecule has 1 aliphatic rings. The Kier molecular flexibility index (Phi) is 9.41. The summed E-state index contributed by atoms with van der Waals surface area (Å²) < 4.78 is 11.6. The van der Waals surface area contributed by atoms with Gasteiger partial charge in [-0.1, -0.05) is 84.9 Å². The molecular weight excluding hydrogens is 534 g/mol. The molecule has 3 aromatic carbocycles. The molecule has 0 saturated carbocycles. The number of carbonyl (C=O) groups excluding carboxylic acids is 3. The Morgan fingerprint density at radius 3 is 2.38 bits per heavy atom. The lowest BCUT2D eigenvalue weighted by molar-refractivity contribution is -0.150. The molecule has 9 nitrogen and oxygen atoms in total. The second-order valence-corrected chi connectivity index (χ2v) is 10.2. The molecule has 0 fully saturated rings. The lowest BCUT2D eigenvalue weighted by Gasteiger charge is -2.25. The van der Waals surface area contributed by atoms with Crippen LogP contribution in [0.4, 0.5) is 0 Å². The Bertz CT molecular complexity index is 1500. The van der Waals surface area contributed by atoms with E-state index >= 15 is 0 Å². The van der Waals surface area contributed by atoms with E-state index in [-0.39, 0.29) is 26.1 Å². The van der Waals surface area contributed by atoms with Crippen LogP contribution in [0.2, 0.25) is 0 Å². The number of rotatable bonds is 7. The van der Waals surface area contributed by atoms with Crippen LogP contribution in [0.15, 0.2) is 101 Å². The Balaban J connectivity index is 1.39. The number of benzene rings is 3. The maximum atomic E-state index is 13.5. The highest BCUT2D eigenvalue weighted by molar-refractivity contribution is 6.00. The number of nitrogens with zero attached hydrogens (tertiary/aromatic N) is 1. The molecule has 2 amide bonds. The highest BCUT2D eigenvalue weighted by Gasteiger charge is 2.31. The molecule has 0 spiro atoms. The van der Waals surface area contributed by atoms with Crippen molar-refractivity contribution in [2.24, 2.45) is 11.8 Å². The molecule has 42 heavy (non-hydrogen) atoms. The van der Waals surface area contributed by atoms with E-state index in [0.717, 1.165) is 11.1 Å². The second-order valence-electron chi connectivity index (χ2n) is 10.2. The summed E-state index contributed by atoms with van der Waals surface area (Å²) in [5.41, 5.74) is 2.82. The summed E-state index contributed by atoms with van der Waals surface area (Å²) in [6.45, 7) is -0.431. The summed E-state index contributed by atoms with van der Waals surface area (Å²) in [6.07, 6.45) is 4.16. The van der Waals surface area contributed by atoms with Gasteiger partial charge in [-0.05, 0) is 36.1 Å². The molecule has 0 bridgehead atoms. The molecule has 216 valence electrons. The number of carbonyl (C=O) groups is 3. The van der Waals surface area contributed by atoms with Gasteiger partial charge in [0.2, 0.25) is 11.8 Å². The van der Waals surface area contributed by atoms with Gasteiger partial charge >= 0.3 is 5.97 Å². The van der Waals surface area contributed by atoms with Gasteiger partial charge in [0, 0.05) is 6.42 Å². The minimum atomic E-state index is -1.07. The number of aliphatic hydroxyl groups is 1. The lowest BCUT2D eigenvalue weighted by atomic mass is 9.97. The number of allylic oxidation sites excluding steroid dienone is 2. The van der Waals surface area contributed by atoms with E-state index in [9.17, 15) is 19.5 Å². The normalized spacial score (nSPS) is 20.5. The molecule has 3 N–H and O–H groups in total. The summed E-state index contributed by atoms with van der Waals surface area (Å²) >= 11 is 0. The van der Waals surface area contributed by atoms with Crippen molar-refractivity contribution in [2.75, 3.05) is 13.2 Å². The van der Waals surface area contributed by atoms with Crippen molar-refractivity contribution in [1.82, 2.24) is 15.6 Å². The first-order valence-electron chi connectivity index (χ1n) is 14.0. The van der Waals surface area contributed by atoms with Crippen LogP contribution in [0, 0.1) is 11.8 Å². The van der Waals surface area contributed by atoms with E-state index in [2.05, 4.69) is 15.6 Å². The zero-order chi connectivity index (χ0) is 29.3. The monoisotopic (exact) mass is 567 g/mol. The molecule has 5 rings (SSSR count). The first kappa shape index (κ1) is 28.8. The van der Waals surface area contributed by atoms with E-state index in [1.54, 1.807) is 24.3 Å². The largest absolute Gasteiger partial charge is 0.463 e. The molecule has 3 unspecified atom stereocenters. The molecule has 4 aromatic rings. The van der Waals surface area contributed by atoms with Crippen molar-refractivity contribution in [3.8, 4) is 0 Å². The molecule has 0 saturated heterocycles. The van der Waals surface area contributed by atoms with Crippen LogP contribution in [0.1, 0.15) is 41.9 Å². The number of esters is 1. The van der Waals surface area contributed by atoms with E-state index in [1.165, 1.54) is 0 Å². The van der Waals surface area contributed by atoms with Crippen LogP contribution in [-0.2, 0) is 25.5 Å². The summed E-state index contributed by atoms with van der Waals surface area (Å²) in [5, 5.41) is 15.7. The van der Waals surface area contributed by atoms with Gasteiger partial charge in [0.25, 0.3) is 0 Å². The van der Waals surface area contributed by atoms with Crippen molar-refractivity contribution in [3.05, 3.63) is 114 Å². The Morgan fingerprint density at radius 1 is 0.952 bits per heavy atom. The quantitative estimate of drug-likeness (QED) is 0.173. The van der Waals surface area contributed by atoms with Gasteiger partial charge in [-0.25, -0.2) is 4.98 Å². The number of hydrogen-bond acceptors (Lipinski definition) is 7. The SMILES string of the molecule is O=C1OCC(c2ccccc2)NC(=O)C(C(=O)N[C@@H](CO)c2ccccc2)CC=CCC1Cc1nc2ccccc2o1. The average molecular weight is 568 g/mol. The Morgan fingerprint density at radius 2 is 1.64 bits per heavy atom. The first-order valence-corrected chi connectivity index (χ1v) is 14.0. The predicted octanol–water partition coefficient (Wildman–Crippen LogP) is 4.20. The maximum absolute atomic E-state index is 13.5. The number of cyclic esters (lactones) is 1. The van der Waals surface area contributed by atoms with Crippen molar-refractivity contribution < 1.29 is 28.6 Å². The van der Waals surface area contributed by atoms with Gasteiger partial charge < -0.3 is 24.9 Å². The van der Waals surface area contributed by atoms with Gasteiger partial charge in [-0.2, -0.15) is 0 Å². The number of oxazole rings is 1. The Labute approximate surface area is 243 Å². The number of amides is 2. The predicted molar refractivity (Wildman–Crippen MR) is 156 cm³/mol. The standard InChI is InChI=1S/C33H33N3O6/c37-20-27(22-11-3-1-4-12-22)35-31(38)25-16-8-7-15-24(19-30-34-26-17-9-10-18-29(26)42-30)33(40)41-21-28(36-32(25)39)23-13-5-2-6-14-23/h1-14,17-18,24-25,27-28,37H,15-16,19-21H2,(H,35,38)(H,36,39)/t24?,25?,27-,28?/m0/s1. The number of nitrogens with one attached hydrogen (secondary N) is 2. The highest BCUT2D eigenvalue weighted by atomic mass is 16.5. The number of para-hydroxylation sites is 2.